The number of anilines is 2. The van der Waals surface area contributed by atoms with Crippen LogP contribution in [-0.2, 0) is 0 Å². The minimum atomic E-state index is -0.117. The molecule has 0 radical (unpaired) electrons. The Balaban J connectivity index is 1.47. The quantitative estimate of drug-likeness (QED) is 0.327. The van der Waals surface area contributed by atoms with Crippen LogP contribution in [0, 0.1) is 0 Å². The monoisotopic (exact) mass is 400 g/mol. The Labute approximate surface area is 173 Å². The van der Waals surface area contributed by atoms with E-state index in [9.17, 15) is 4.79 Å². The molecule has 0 aliphatic rings. The van der Waals surface area contributed by atoms with E-state index in [1.807, 2.05) is 42.5 Å². The molecule has 0 amide bonds. The molecule has 1 N–H and O–H groups in total. The Bertz CT molecular complexity index is 1180. The molecule has 150 valence electrons. The first-order valence-corrected chi connectivity index (χ1v) is 9.33. The van der Waals surface area contributed by atoms with Crippen molar-refractivity contribution < 1.29 is 18.7 Å². The summed E-state index contributed by atoms with van der Waals surface area (Å²) in [5.41, 5.74) is 3.60. The molecule has 0 saturated carbocycles. The van der Waals surface area contributed by atoms with E-state index in [0.717, 1.165) is 16.8 Å². The molecule has 4 rings (SSSR count). The number of hydrogen-bond acceptors (Lipinski definition) is 6. The highest BCUT2D eigenvalue weighted by molar-refractivity contribution is 6.07. The van der Waals surface area contributed by atoms with E-state index in [2.05, 4.69) is 10.3 Å². The molecule has 30 heavy (non-hydrogen) atoms. The van der Waals surface area contributed by atoms with Crippen molar-refractivity contribution in [3.63, 3.8) is 0 Å². The van der Waals surface area contributed by atoms with E-state index in [1.54, 1.807) is 44.6 Å². The predicted octanol–water partition coefficient (Wildman–Crippen LogP) is 5.48. The molecule has 0 spiro atoms. The highest BCUT2D eigenvalue weighted by Gasteiger charge is 2.07. The van der Waals surface area contributed by atoms with Crippen LogP contribution in [0.1, 0.15) is 15.9 Å². The molecule has 1 aromatic heterocycles. The Hall–Kier alpha value is -4.06. The van der Waals surface area contributed by atoms with E-state index in [1.165, 1.54) is 6.08 Å². The van der Waals surface area contributed by atoms with Gasteiger partial charge in [0, 0.05) is 16.8 Å². The molecular formula is C24H20N2O4. The van der Waals surface area contributed by atoms with Crippen molar-refractivity contribution in [2.75, 3.05) is 19.5 Å². The number of methoxy groups -OCH3 is 2. The summed E-state index contributed by atoms with van der Waals surface area (Å²) < 4.78 is 16.2. The van der Waals surface area contributed by atoms with Gasteiger partial charge in [0.1, 0.15) is 17.0 Å². The minimum Gasteiger partial charge on any atom is -0.497 e. The fourth-order valence-electron chi connectivity index (χ4n) is 3.00. The fourth-order valence-corrected chi connectivity index (χ4v) is 3.00. The molecule has 0 atom stereocenters. The maximum absolute atomic E-state index is 12.5. The van der Waals surface area contributed by atoms with Crippen LogP contribution in [0.15, 0.2) is 77.2 Å². The zero-order valence-electron chi connectivity index (χ0n) is 16.6. The number of rotatable bonds is 7. The van der Waals surface area contributed by atoms with Crippen LogP contribution >= 0.6 is 0 Å². The largest absolute Gasteiger partial charge is 0.497 e. The van der Waals surface area contributed by atoms with Gasteiger partial charge in [0.25, 0.3) is 6.01 Å². The summed E-state index contributed by atoms with van der Waals surface area (Å²) in [6.07, 6.45) is 3.23. The average Bonchev–Trinajstić information content (AvgIpc) is 3.20. The van der Waals surface area contributed by atoms with Gasteiger partial charge < -0.3 is 19.2 Å². The molecule has 6 nitrogen and oxygen atoms in total. The van der Waals surface area contributed by atoms with Crippen molar-refractivity contribution in [3.05, 3.63) is 83.9 Å². The van der Waals surface area contributed by atoms with Gasteiger partial charge in [0.05, 0.1) is 14.2 Å². The van der Waals surface area contributed by atoms with Gasteiger partial charge in [0.15, 0.2) is 11.4 Å². The van der Waals surface area contributed by atoms with Gasteiger partial charge >= 0.3 is 0 Å². The molecule has 0 bridgehead atoms. The molecule has 0 aliphatic heterocycles. The van der Waals surface area contributed by atoms with Crippen molar-refractivity contribution in [1.29, 1.82) is 0 Å². The number of fused-ring (bicyclic) bond motifs is 1. The van der Waals surface area contributed by atoms with Gasteiger partial charge in [-0.15, -0.1) is 0 Å². The Kier molecular flexibility index (Phi) is 5.48. The van der Waals surface area contributed by atoms with Gasteiger partial charge in [-0.3, -0.25) is 4.79 Å². The second-order valence-corrected chi connectivity index (χ2v) is 6.49. The Morgan fingerprint density at radius 2 is 1.80 bits per heavy atom. The highest BCUT2D eigenvalue weighted by atomic mass is 16.5. The topological polar surface area (TPSA) is 73.6 Å². The maximum atomic E-state index is 12.5. The van der Waals surface area contributed by atoms with Gasteiger partial charge in [-0.05, 0) is 66.7 Å². The number of allylic oxidation sites excluding steroid dienone is 1. The third-order valence-corrected chi connectivity index (χ3v) is 4.57. The third-order valence-electron chi connectivity index (χ3n) is 4.57. The summed E-state index contributed by atoms with van der Waals surface area (Å²) in [4.78, 5) is 16.9. The summed E-state index contributed by atoms with van der Waals surface area (Å²) in [7, 11) is 3.18. The van der Waals surface area contributed by atoms with Crippen LogP contribution in [0.4, 0.5) is 11.7 Å². The number of nitrogens with one attached hydrogen (secondary N) is 1. The van der Waals surface area contributed by atoms with Crippen molar-refractivity contribution in [2.24, 2.45) is 0 Å². The van der Waals surface area contributed by atoms with Crippen LogP contribution in [0.5, 0.6) is 11.5 Å². The van der Waals surface area contributed by atoms with Gasteiger partial charge in [-0.25, -0.2) is 0 Å². The molecule has 3 aromatic carbocycles. The van der Waals surface area contributed by atoms with Crippen LogP contribution in [-0.4, -0.2) is 25.0 Å². The molecule has 1 heterocycles. The first-order valence-electron chi connectivity index (χ1n) is 9.33. The van der Waals surface area contributed by atoms with E-state index in [0.29, 0.717) is 28.7 Å². The SMILES string of the molecule is COc1ccc(OC)c(/C=C/C(=O)c2ccc(Nc3nc4ccccc4o3)cc2)c1. The lowest BCUT2D eigenvalue weighted by Gasteiger charge is -2.07. The lowest BCUT2D eigenvalue weighted by molar-refractivity contribution is 0.104. The van der Waals surface area contributed by atoms with Crippen LogP contribution in [0.3, 0.4) is 0 Å². The Morgan fingerprint density at radius 1 is 1.00 bits per heavy atom. The lowest BCUT2D eigenvalue weighted by atomic mass is 10.1. The van der Waals surface area contributed by atoms with Gasteiger partial charge in [0.2, 0.25) is 0 Å². The number of hydrogen-bond donors (Lipinski definition) is 1. The van der Waals surface area contributed by atoms with Gasteiger partial charge in [-0.2, -0.15) is 4.98 Å². The van der Waals surface area contributed by atoms with Crippen molar-refractivity contribution in [3.8, 4) is 11.5 Å². The number of benzene rings is 3. The standard InChI is InChI=1S/C24H20N2O4/c1-28-19-12-14-22(29-2)17(15-19)9-13-21(27)16-7-10-18(11-8-16)25-24-26-20-5-3-4-6-23(20)30-24/h3-15H,1-2H3,(H,25,26)/b13-9+. The number of carbonyl (C=O) groups excluding carboxylic acids is 1. The second-order valence-electron chi connectivity index (χ2n) is 6.49. The summed E-state index contributed by atoms with van der Waals surface area (Å²) in [5, 5.41) is 3.11. The summed E-state index contributed by atoms with van der Waals surface area (Å²) in [5.74, 6) is 1.24. The van der Waals surface area contributed by atoms with E-state index in [-0.39, 0.29) is 5.78 Å². The fraction of sp³-hybridized carbons (Fsp3) is 0.0833. The Morgan fingerprint density at radius 3 is 2.53 bits per heavy atom. The normalized spacial score (nSPS) is 11.0. The second kappa shape index (κ2) is 8.53. The third kappa shape index (κ3) is 4.17. The molecule has 0 unspecified atom stereocenters. The average molecular weight is 400 g/mol. The van der Waals surface area contributed by atoms with Crippen LogP contribution in [0.25, 0.3) is 17.2 Å². The van der Waals surface area contributed by atoms with E-state index in [4.69, 9.17) is 13.9 Å². The zero-order valence-corrected chi connectivity index (χ0v) is 16.6. The van der Waals surface area contributed by atoms with E-state index >= 15 is 0 Å². The first kappa shape index (κ1) is 19.3. The maximum Gasteiger partial charge on any atom is 0.300 e. The summed E-state index contributed by atoms with van der Waals surface area (Å²) in [6.45, 7) is 0. The molecule has 0 fully saturated rings. The number of carbonyl (C=O) groups is 1. The molecular weight excluding hydrogens is 380 g/mol. The van der Waals surface area contributed by atoms with Crippen LogP contribution in [0.2, 0.25) is 0 Å². The molecule has 4 aromatic rings. The van der Waals surface area contributed by atoms with Crippen molar-refractivity contribution in [2.45, 2.75) is 0 Å². The lowest BCUT2D eigenvalue weighted by Crippen LogP contribution is -1.96. The van der Waals surface area contributed by atoms with E-state index < -0.39 is 0 Å². The van der Waals surface area contributed by atoms with Crippen molar-refractivity contribution >= 4 is 34.7 Å². The first-order chi connectivity index (χ1) is 14.7. The molecule has 0 aliphatic carbocycles. The highest BCUT2D eigenvalue weighted by Crippen LogP contribution is 2.26. The number of oxazole rings is 1. The smallest absolute Gasteiger partial charge is 0.300 e. The minimum absolute atomic E-state index is 0.117. The number of aromatic nitrogens is 1. The summed E-state index contributed by atoms with van der Waals surface area (Å²) >= 11 is 0. The van der Waals surface area contributed by atoms with Crippen molar-refractivity contribution in [1.82, 2.24) is 4.98 Å². The number of ether oxygens (including phenoxy) is 2. The number of nitrogens with zero attached hydrogens (tertiary/aromatic N) is 1. The molecule has 0 saturated heterocycles. The number of ketones is 1. The molecule has 6 heteroatoms. The number of para-hydroxylation sites is 2. The zero-order chi connectivity index (χ0) is 20.9. The van der Waals surface area contributed by atoms with Crippen LogP contribution < -0.4 is 14.8 Å². The summed E-state index contributed by atoms with van der Waals surface area (Å²) in [6, 6.07) is 20.5. The van der Waals surface area contributed by atoms with Gasteiger partial charge in [-0.1, -0.05) is 12.1 Å². The predicted molar refractivity (Wildman–Crippen MR) is 117 cm³/mol.